The van der Waals surface area contributed by atoms with Crippen molar-refractivity contribution in [2.24, 2.45) is 5.73 Å². The minimum atomic E-state index is 0.162. The highest BCUT2D eigenvalue weighted by molar-refractivity contribution is 9.10. The quantitative estimate of drug-likeness (QED) is 0.0616. The Balaban J connectivity index is 0.000000184. The Labute approximate surface area is 373 Å². The molecule has 0 bridgehead atoms. The molecule has 15 nitrogen and oxygen atoms in total. The maximum absolute atomic E-state index is 8.87. The number of hydrogen-bond acceptors (Lipinski definition) is 13. The molecule has 0 aliphatic rings. The van der Waals surface area contributed by atoms with Crippen molar-refractivity contribution in [1.29, 1.82) is 0 Å². The fourth-order valence-electron chi connectivity index (χ4n) is 5.53. The van der Waals surface area contributed by atoms with Crippen LogP contribution in [0.4, 0.5) is 23.1 Å². The number of pyridine rings is 3. The average molecular weight is 934 g/mol. The first-order valence-corrected chi connectivity index (χ1v) is 20.9. The fourth-order valence-corrected chi connectivity index (χ4v) is 6.42. The standard InChI is InChI=1S/C15H17N5O.C12H9ClN4.C9H6BrClN2.C4H11N.C3H9NO/c16-15-10-13(17-5-2-8-21)12-4-3-11(9-14(12)19-15)20-7-1-6-18-20;13-10-7-12(14)16-11-6-8(2-3-9(10)11)17-5-1-4-15-17;10-5-1-2-6-7(11)4-9(12)13-8(6)3-5;1-3-4-5-2;4-2-1-3-5/h1,3-4,6-7,9-10,21H,2,5,8H2,(H3,16,17,19);1-7H,(H2,14,16);1-4H,(H2,12,13);5H,3-4H2,1-2H3;5H,1-4H2. The van der Waals surface area contributed by atoms with Gasteiger partial charge >= 0.3 is 0 Å². The molecule has 8 rings (SSSR count). The van der Waals surface area contributed by atoms with E-state index in [4.69, 9.17) is 56.3 Å². The normalized spacial score (nSPS) is 10.4. The minimum absolute atomic E-state index is 0.162. The lowest BCUT2D eigenvalue weighted by Crippen LogP contribution is -2.05. The van der Waals surface area contributed by atoms with Crippen molar-refractivity contribution in [3.05, 3.63) is 124 Å². The van der Waals surface area contributed by atoms with Crippen LogP contribution in [0.3, 0.4) is 0 Å². The molecule has 61 heavy (non-hydrogen) atoms. The van der Waals surface area contributed by atoms with Crippen molar-refractivity contribution in [2.45, 2.75) is 26.2 Å². The summed E-state index contributed by atoms with van der Waals surface area (Å²) < 4.78 is 4.51. The van der Waals surface area contributed by atoms with Crippen LogP contribution in [0, 0.1) is 0 Å². The molecule has 0 radical (unpaired) electrons. The zero-order valence-corrected chi connectivity index (χ0v) is 37.1. The molecule has 12 N–H and O–H groups in total. The van der Waals surface area contributed by atoms with Gasteiger partial charge in [0.2, 0.25) is 0 Å². The molecule has 0 saturated carbocycles. The second-order valence-electron chi connectivity index (χ2n) is 13.1. The molecule has 18 heteroatoms. The summed E-state index contributed by atoms with van der Waals surface area (Å²) in [5.74, 6) is 1.32. The minimum Gasteiger partial charge on any atom is -0.396 e. The molecule has 0 aliphatic carbocycles. The van der Waals surface area contributed by atoms with Crippen molar-refractivity contribution in [3.63, 3.8) is 0 Å². The average Bonchev–Trinajstić information content (AvgIpc) is 3.98. The fraction of sp³-hybridized carbons (Fsp3) is 0.233. The van der Waals surface area contributed by atoms with Crippen molar-refractivity contribution in [1.82, 2.24) is 39.8 Å². The third-order valence-corrected chi connectivity index (χ3v) is 9.49. The first-order chi connectivity index (χ1) is 29.5. The highest BCUT2D eigenvalue weighted by Crippen LogP contribution is 2.28. The number of hydrogen-bond donors (Lipinski definition) is 8. The highest BCUT2D eigenvalue weighted by Gasteiger charge is 2.08. The highest BCUT2D eigenvalue weighted by atomic mass is 79.9. The van der Waals surface area contributed by atoms with Gasteiger partial charge in [0.25, 0.3) is 0 Å². The van der Waals surface area contributed by atoms with Gasteiger partial charge in [-0.15, -0.1) is 0 Å². The van der Waals surface area contributed by atoms with Gasteiger partial charge in [-0.1, -0.05) is 52.1 Å². The summed E-state index contributed by atoms with van der Waals surface area (Å²) in [4.78, 5) is 12.8. The number of aliphatic hydroxyl groups excluding tert-OH is 2. The zero-order valence-electron chi connectivity index (χ0n) is 34.0. The number of halogens is 3. The van der Waals surface area contributed by atoms with Gasteiger partial charge in [-0.3, -0.25) is 0 Å². The van der Waals surface area contributed by atoms with E-state index < -0.39 is 0 Å². The summed E-state index contributed by atoms with van der Waals surface area (Å²) in [7, 11) is 1.96. The lowest BCUT2D eigenvalue weighted by atomic mass is 10.1. The van der Waals surface area contributed by atoms with E-state index in [0.717, 1.165) is 67.2 Å². The van der Waals surface area contributed by atoms with Gasteiger partial charge in [0.15, 0.2) is 0 Å². The van der Waals surface area contributed by atoms with E-state index in [1.54, 1.807) is 33.9 Å². The van der Waals surface area contributed by atoms with Crippen molar-refractivity contribution >= 4 is 95.0 Å². The van der Waals surface area contributed by atoms with E-state index in [9.17, 15) is 0 Å². The van der Waals surface area contributed by atoms with Crippen LogP contribution < -0.4 is 33.6 Å². The van der Waals surface area contributed by atoms with Crippen molar-refractivity contribution < 1.29 is 10.2 Å². The van der Waals surface area contributed by atoms with Crippen LogP contribution in [0.1, 0.15) is 26.2 Å². The number of nitrogens with zero attached hydrogens (tertiary/aromatic N) is 7. The molecule has 0 fully saturated rings. The summed E-state index contributed by atoms with van der Waals surface area (Å²) in [5, 5.41) is 35.6. The van der Waals surface area contributed by atoms with E-state index in [1.165, 1.54) is 6.42 Å². The van der Waals surface area contributed by atoms with Crippen LogP contribution in [0.25, 0.3) is 44.1 Å². The number of nitrogens with two attached hydrogens (primary N) is 4. The first kappa shape index (κ1) is 48.1. The molecule has 3 aromatic carbocycles. The molecule has 322 valence electrons. The van der Waals surface area contributed by atoms with Crippen molar-refractivity contribution in [2.75, 3.05) is 62.4 Å². The van der Waals surface area contributed by atoms with Crippen LogP contribution in [0.2, 0.25) is 10.0 Å². The van der Waals surface area contributed by atoms with Gasteiger partial charge in [0, 0.05) is 76.9 Å². The number of aromatic nitrogens is 7. The summed E-state index contributed by atoms with van der Waals surface area (Å²) in [6.07, 6.45) is 9.86. The summed E-state index contributed by atoms with van der Waals surface area (Å²) >= 11 is 15.4. The van der Waals surface area contributed by atoms with E-state index in [0.29, 0.717) is 47.0 Å². The largest absolute Gasteiger partial charge is 0.396 e. The molecule has 0 spiro atoms. The van der Waals surface area contributed by atoms with E-state index >= 15 is 0 Å². The van der Waals surface area contributed by atoms with E-state index in [2.05, 4.69) is 58.6 Å². The summed E-state index contributed by atoms with van der Waals surface area (Å²) in [5.41, 5.74) is 27.3. The number of anilines is 4. The number of rotatable bonds is 10. The third kappa shape index (κ3) is 14.8. The van der Waals surface area contributed by atoms with Gasteiger partial charge in [-0.25, -0.2) is 24.3 Å². The van der Waals surface area contributed by atoms with Crippen LogP contribution in [-0.4, -0.2) is 84.6 Å². The van der Waals surface area contributed by atoms with Crippen LogP contribution in [0.15, 0.2) is 114 Å². The lowest BCUT2D eigenvalue weighted by molar-refractivity contribution is 0.291. The topological polar surface area (TPSA) is 243 Å². The van der Waals surface area contributed by atoms with Crippen molar-refractivity contribution in [3.8, 4) is 11.4 Å². The first-order valence-electron chi connectivity index (χ1n) is 19.4. The van der Waals surface area contributed by atoms with E-state index in [1.807, 2.05) is 92.2 Å². The monoisotopic (exact) mass is 931 g/mol. The molecule has 5 aromatic heterocycles. The molecule has 8 aromatic rings. The third-order valence-electron chi connectivity index (χ3n) is 8.37. The molecular formula is C43H52BrCl2N13O2. The Morgan fingerprint density at radius 3 is 1.59 bits per heavy atom. The number of benzene rings is 3. The number of aliphatic hydroxyl groups is 2. The molecule has 0 aliphatic heterocycles. The Morgan fingerprint density at radius 2 is 1.15 bits per heavy atom. The number of fused-ring (bicyclic) bond motifs is 3. The smallest absolute Gasteiger partial charge is 0.126 e. The Bertz CT molecular complexity index is 2530. The Hall–Kier alpha value is -5.59. The predicted molar refractivity (Wildman–Crippen MR) is 256 cm³/mol. The summed E-state index contributed by atoms with van der Waals surface area (Å²) in [6, 6.07) is 26.3. The molecule has 0 amide bonds. The molecule has 0 atom stereocenters. The van der Waals surface area contributed by atoms with E-state index in [-0.39, 0.29) is 13.2 Å². The lowest BCUT2D eigenvalue weighted by Gasteiger charge is -2.11. The second kappa shape index (κ2) is 25.2. The van der Waals surface area contributed by atoms with Gasteiger partial charge in [0.1, 0.15) is 17.5 Å². The van der Waals surface area contributed by atoms with Crippen LogP contribution >= 0.6 is 39.1 Å². The summed E-state index contributed by atoms with van der Waals surface area (Å²) in [6.45, 7) is 4.95. The SMILES string of the molecule is CCCNC.NCCCO.Nc1cc(Cl)c2ccc(-n3cccn3)cc2n1.Nc1cc(Cl)c2ccc(Br)cc2n1.Nc1cc(NCCCO)c2ccc(-n3cccn3)cc2n1. The van der Waals surface area contributed by atoms with Crippen LogP contribution in [0.5, 0.6) is 0 Å². The van der Waals surface area contributed by atoms with Crippen LogP contribution in [-0.2, 0) is 0 Å². The van der Waals surface area contributed by atoms with Gasteiger partial charge in [-0.05, 0) is 112 Å². The predicted octanol–water partition coefficient (Wildman–Crippen LogP) is 7.63. The van der Waals surface area contributed by atoms with Gasteiger partial charge in [-0.2, -0.15) is 10.2 Å². The van der Waals surface area contributed by atoms with Gasteiger partial charge < -0.3 is 43.8 Å². The molecular weight excluding hydrogens is 881 g/mol. The van der Waals surface area contributed by atoms with Gasteiger partial charge in [0.05, 0.1) is 38.0 Å². The molecule has 5 heterocycles. The Kier molecular flexibility index (Phi) is 19.9. The molecule has 0 unspecified atom stereocenters. The Morgan fingerprint density at radius 1 is 0.656 bits per heavy atom. The maximum Gasteiger partial charge on any atom is 0.126 e. The zero-order chi connectivity index (χ0) is 44.1. The second-order valence-corrected chi connectivity index (χ2v) is 14.8. The maximum atomic E-state index is 8.87. The molecule has 0 saturated heterocycles. The number of nitrogens with one attached hydrogen (secondary N) is 2. The number of nitrogen functional groups attached to an aromatic ring is 3.